The van der Waals surface area contributed by atoms with Crippen LogP contribution in [-0.2, 0) is 27.2 Å². The molecule has 3 aromatic rings. The molecule has 11 nitrogen and oxygen atoms in total. The molecule has 1 aromatic heterocycles. The number of amides is 3. The van der Waals surface area contributed by atoms with Gasteiger partial charge in [0.05, 0.1) is 12.6 Å². The Balaban J connectivity index is 1.72. The molecule has 42 heavy (non-hydrogen) atoms. The van der Waals surface area contributed by atoms with Gasteiger partial charge in [-0.15, -0.1) is 0 Å². The molecular formula is C30H37BN6O5. The van der Waals surface area contributed by atoms with E-state index in [-0.39, 0.29) is 31.7 Å². The lowest BCUT2D eigenvalue weighted by atomic mass is 9.65. The summed E-state index contributed by atoms with van der Waals surface area (Å²) < 4.78 is 0. The van der Waals surface area contributed by atoms with Gasteiger partial charge in [-0.05, 0) is 36.0 Å². The lowest BCUT2D eigenvalue weighted by Crippen LogP contribution is -2.72. The molecule has 0 radical (unpaired) electrons. The molecule has 3 amide bonds. The minimum atomic E-state index is -2.13. The first kappa shape index (κ1) is 30.7. The van der Waals surface area contributed by atoms with E-state index < -0.39 is 36.6 Å². The zero-order valence-corrected chi connectivity index (χ0v) is 23.8. The quantitative estimate of drug-likeness (QED) is 0.152. The zero-order chi connectivity index (χ0) is 30.3. The van der Waals surface area contributed by atoms with Crippen LogP contribution in [0.15, 0.2) is 78.2 Å². The normalized spacial score (nSPS) is 15.7. The smallest absolute Gasteiger partial charge is 0.424 e. The number of rotatable bonds is 13. The molecule has 0 unspecified atom stereocenters. The van der Waals surface area contributed by atoms with E-state index >= 15 is 0 Å². The molecular weight excluding hydrogens is 535 g/mol. The fraction of sp³-hybridized carbons (Fsp3) is 0.333. The summed E-state index contributed by atoms with van der Waals surface area (Å²) in [4.78, 5) is 50.0. The molecule has 6 N–H and O–H groups in total. The number of carbonyl (C=O) groups excluding carboxylic acids is 3. The van der Waals surface area contributed by atoms with Gasteiger partial charge in [0.25, 0.3) is 5.91 Å². The number of fused-ring (bicyclic) bond motifs is 1. The van der Waals surface area contributed by atoms with Crippen LogP contribution in [-0.4, -0.2) is 80.6 Å². The molecule has 0 spiro atoms. The van der Waals surface area contributed by atoms with Gasteiger partial charge in [-0.1, -0.05) is 62.4 Å². The number of aliphatic imine (C=N–C) groups is 1. The average Bonchev–Trinajstić information content (AvgIpc) is 3.39. The number of nitrogens with zero attached hydrogens (tertiary/aromatic N) is 3. The van der Waals surface area contributed by atoms with Gasteiger partial charge in [-0.2, -0.15) is 0 Å². The van der Waals surface area contributed by atoms with Crippen LogP contribution in [0.1, 0.15) is 31.4 Å². The highest BCUT2D eigenvalue weighted by atomic mass is 16.4. The van der Waals surface area contributed by atoms with E-state index in [0.717, 1.165) is 26.9 Å². The molecule has 2 aromatic carbocycles. The van der Waals surface area contributed by atoms with E-state index in [4.69, 9.17) is 5.73 Å². The lowest BCUT2D eigenvalue weighted by molar-refractivity contribution is -0.152. The second kappa shape index (κ2) is 13.6. The number of hydrogen-bond acceptors (Lipinski definition) is 8. The van der Waals surface area contributed by atoms with Gasteiger partial charge in [0.15, 0.2) is 5.56 Å². The fourth-order valence-corrected chi connectivity index (χ4v) is 5.46. The van der Waals surface area contributed by atoms with E-state index in [2.05, 4.69) is 15.3 Å². The summed E-state index contributed by atoms with van der Waals surface area (Å²) in [6.45, 7) is 3.82. The highest BCUT2D eigenvalue weighted by molar-refractivity contribution is 6.46. The van der Waals surface area contributed by atoms with Crippen molar-refractivity contribution in [1.29, 1.82) is 0 Å². The lowest BCUT2D eigenvalue weighted by Gasteiger charge is -2.49. The Labute approximate surface area is 245 Å². The Morgan fingerprint density at radius 3 is 2.52 bits per heavy atom. The Bertz CT molecular complexity index is 1440. The molecule has 1 aliphatic rings. The first-order valence-electron chi connectivity index (χ1n) is 13.9. The van der Waals surface area contributed by atoms with E-state index in [0.29, 0.717) is 6.41 Å². The number of nitrogens with two attached hydrogens (primary N) is 1. The number of aromatic nitrogens is 1. The van der Waals surface area contributed by atoms with Crippen molar-refractivity contribution in [2.24, 2.45) is 16.6 Å². The molecule has 0 saturated carbocycles. The molecule has 12 heteroatoms. The number of H-pyrrole nitrogens is 1. The van der Waals surface area contributed by atoms with Crippen LogP contribution in [0.3, 0.4) is 0 Å². The molecule has 0 aliphatic carbocycles. The maximum Gasteiger partial charge on any atom is 0.501 e. The van der Waals surface area contributed by atoms with Crippen LogP contribution in [0.4, 0.5) is 0 Å². The van der Waals surface area contributed by atoms with E-state index in [1.54, 1.807) is 12.4 Å². The summed E-state index contributed by atoms with van der Waals surface area (Å²) in [5.74, 6) is -1.54. The molecule has 0 saturated heterocycles. The molecule has 3 atom stereocenters. The van der Waals surface area contributed by atoms with Crippen LogP contribution in [0.25, 0.3) is 10.9 Å². The van der Waals surface area contributed by atoms with Crippen LogP contribution in [0.2, 0.25) is 0 Å². The maximum atomic E-state index is 14.4. The Kier molecular flexibility index (Phi) is 9.94. The zero-order valence-electron chi connectivity index (χ0n) is 23.8. The first-order valence-corrected chi connectivity index (χ1v) is 13.9. The third-order valence-electron chi connectivity index (χ3n) is 7.44. The Hall–Kier alpha value is -4.26. The van der Waals surface area contributed by atoms with Gasteiger partial charge < -0.3 is 31.0 Å². The number of nitrogens with one attached hydrogen (secondary N) is 2. The molecule has 0 fully saturated rings. The molecule has 0 bridgehead atoms. The van der Waals surface area contributed by atoms with Crippen molar-refractivity contribution in [3.63, 3.8) is 0 Å². The van der Waals surface area contributed by atoms with Gasteiger partial charge >= 0.3 is 7.12 Å². The summed E-state index contributed by atoms with van der Waals surface area (Å²) in [7, 11) is -2.13. The van der Waals surface area contributed by atoms with Gasteiger partial charge in [0, 0.05) is 42.1 Å². The van der Waals surface area contributed by atoms with E-state index in [9.17, 15) is 24.4 Å². The molecule has 4 rings (SSSR count). The summed E-state index contributed by atoms with van der Waals surface area (Å²) >= 11 is 0. The third-order valence-corrected chi connectivity index (χ3v) is 7.44. The molecule has 1 aliphatic heterocycles. The first-order chi connectivity index (χ1) is 20.2. The fourth-order valence-electron chi connectivity index (χ4n) is 5.46. The number of carbonyl (C=O) groups is 3. The SMILES string of the molecule is CC(C)C[C@@](B(O)O)(N1C=CN=CC1)N(C=O)C(=O)[C@H](Cc1c[nH]c2ccccc12)NC(=O)[C@@H](N)Cc1ccccc1. The van der Waals surface area contributed by atoms with Gasteiger partial charge in [0.1, 0.15) is 6.04 Å². The number of benzene rings is 2. The number of para-hydroxylation sites is 1. The second-order valence-corrected chi connectivity index (χ2v) is 10.9. The van der Waals surface area contributed by atoms with Gasteiger partial charge in [0.2, 0.25) is 12.3 Å². The van der Waals surface area contributed by atoms with Gasteiger partial charge in [-0.25, -0.2) is 0 Å². The minimum absolute atomic E-state index is 0.0214. The van der Waals surface area contributed by atoms with Crippen molar-refractivity contribution >= 4 is 42.5 Å². The summed E-state index contributed by atoms with van der Waals surface area (Å²) in [5, 5.41) is 25.2. The number of imide groups is 1. The van der Waals surface area contributed by atoms with Crippen LogP contribution in [0, 0.1) is 5.92 Å². The predicted molar refractivity (Wildman–Crippen MR) is 162 cm³/mol. The maximum absolute atomic E-state index is 14.4. The van der Waals surface area contributed by atoms with Crippen molar-refractivity contribution in [3.8, 4) is 0 Å². The van der Waals surface area contributed by atoms with Crippen molar-refractivity contribution in [2.45, 2.75) is 50.8 Å². The van der Waals surface area contributed by atoms with Crippen LogP contribution in [0.5, 0.6) is 0 Å². The third kappa shape index (κ3) is 6.62. The number of aromatic amines is 1. The van der Waals surface area contributed by atoms with Crippen molar-refractivity contribution < 1.29 is 24.4 Å². The topological polar surface area (TPSA) is 164 Å². The monoisotopic (exact) mass is 572 g/mol. The largest absolute Gasteiger partial charge is 0.501 e. The standard InChI is InChI=1S/C30H37BN6O5/c1-21(2)18-30(31(41)42,36-14-12-33-13-15-36)37(20-38)29(40)27(17-23-19-34-26-11-7-6-10-24(23)26)35-28(39)25(32)16-22-8-4-3-5-9-22/h3-14,19-21,25,27,34,41-42H,15-18,32H2,1-2H3,(H,35,39)/t25-,27-,30+/m0/s1. The predicted octanol–water partition coefficient (Wildman–Crippen LogP) is 1.36. The van der Waals surface area contributed by atoms with Gasteiger partial charge in [-0.3, -0.25) is 24.3 Å². The van der Waals surface area contributed by atoms with Crippen LogP contribution < -0.4 is 11.1 Å². The van der Waals surface area contributed by atoms with Crippen LogP contribution >= 0.6 is 0 Å². The second-order valence-electron chi connectivity index (χ2n) is 10.9. The van der Waals surface area contributed by atoms with Crippen molar-refractivity contribution in [1.82, 2.24) is 20.1 Å². The number of hydrogen-bond donors (Lipinski definition) is 5. The summed E-state index contributed by atoms with van der Waals surface area (Å²) in [6, 6.07) is 14.6. The minimum Gasteiger partial charge on any atom is -0.424 e. The Morgan fingerprint density at radius 2 is 1.88 bits per heavy atom. The highest BCUT2D eigenvalue weighted by Crippen LogP contribution is 2.31. The molecule has 2 heterocycles. The molecule has 220 valence electrons. The van der Waals surface area contributed by atoms with E-state index in [1.807, 2.05) is 68.4 Å². The summed E-state index contributed by atoms with van der Waals surface area (Å²) in [6.07, 6.45) is 6.83. The highest BCUT2D eigenvalue weighted by Gasteiger charge is 2.54. The van der Waals surface area contributed by atoms with Crippen molar-refractivity contribution in [3.05, 3.63) is 84.3 Å². The van der Waals surface area contributed by atoms with Crippen molar-refractivity contribution in [2.75, 3.05) is 6.54 Å². The van der Waals surface area contributed by atoms with E-state index in [1.165, 1.54) is 17.3 Å². The summed E-state index contributed by atoms with van der Waals surface area (Å²) in [5.41, 5.74) is 6.82. The average molecular weight is 572 g/mol. The Morgan fingerprint density at radius 1 is 1.17 bits per heavy atom.